The van der Waals surface area contributed by atoms with Crippen LogP contribution >= 0.6 is 24.4 Å². The Morgan fingerprint density at radius 2 is 2.50 bits per heavy atom. The maximum absolute atomic E-state index is 4.46. The van der Waals surface area contributed by atoms with Gasteiger partial charge in [0.2, 0.25) is 0 Å². The van der Waals surface area contributed by atoms with Crippen LogP contribution in [0.15, 0.2) is 4.99 Å². The summed E-state index contributed by atoms with van der Waals surface area (Å²) in [6.45, 7) is 2.16. The summed E-state index contributed by atoms with van der Waals surface area (Å²) in [6.07, 6.45) is 3.09. The standard InChI is InChI=1S/C6H10N2S2/c1-5-3-6(5,9)8-4(7-5)10-2/h9H,3H2,1-2H3,(H,7,8). The van der Waals surface area contributed by atoms with Crippen molar-refractivity contribution in [3.63, 3.8) is 0 Å². The molecule has 0 aromatic heterocycles. The Labute approximate surface area is 70.3 Å². The third-order valence-electron chi connectivity index (χ3n) is 2.22. The smallest absolute Gasteiger partial charge is 0.158 e. The highest BCUT2D eigenvalue weighted by molar-refractivity contribution is 8.13. The van der Waals surface area contributed by atoms with Crippen molar-refractivity contribution >= 4 is 29.6 Å². The zero-order valence-corrected chi connectivity index (χ0v) is 7.72. The van der Waals surface area contributed by atoms with Crippen LogP contribution in [0.2, 0.25) is 0 Å². The van der Waals surface area contributed by atoms with E-state index in [1.807, 2.05) is 6.26 Å². The van der Waals surface area contributed by atoms with Crippen molar-refractivity contribution in [2.45, 2.75) is 23.8 Å². The van der Waals surface area contributed by atoms with Crippen LogP contribution in [0.3, 0.4) is 0 Å². The molecule has 0 radical (unpaired) electrons. The zero-order chi connectivity index (χ0) is 7.41. The summed E-state index contributed by atoms with van der Waals surface area (Å²) in [4.78, 5) is 4.34. The van der Waals surface area contributed by atoms with Crippen molar-refractivity contribution in [3.05, 3.63) is 0 Å². The first-order valence-corrected chi connectivity index (χ1v) is 4.91. The summed E-state index contributed by atoms with van der Waals surface area (Å²) in [5, 5.41) is 4.36. The highest BCUT2D eigenvalue weighted by atomic mass is 32.2. The molecule has 1 saturated carbocycles. The van der Waals surface area contributed by atoms with Crippen molar-refractivity contribution in [2.24, 2.45) is 4.99 Å². The monoisotopic (exact) mass is 174 g/mol. The molecule has 2 aliphatic rings. The molecule has 0 saturated heterocycles. The van der Waals surface area contributed by atoms with Crippen LogP contribution in [0.25, 0.3) is 0 Å². The molecule has 10 heavy (non-hydrogen) atoms. The van der Waals surface area contributed by atoms with Gasteiger partial charge in [0.15, 0.2) is 5.17 Å². The highest BCUT2D eigenvalue weighted by Crippen LogP contribution is 2.57. The molecule has 2 rings (SSSR count). The van der Waals surface area contributed by atoms with Crippen LogP contribution in [-0.2, 0) is 0 Å². The van der Waals surface area contributed by atoms with Gasteiger partial charge in [0.25, 0.3) is 0 Å². The van der Waals surface area contributed by atoms with Crippen molar-refractivity contribution in [2.75, 3.05) is 6.26 Å². The lowest BCUT2D eigenvalue weighted by atomic mass is 10.3. The summed E-state index contributed by atoms with van der Waals surface area (Å²) in [5.74, 6) is 0. The van der Waals surface area contributed by atoms with Crippen LogP contribution in [0, 0.1) is 0 Å². The van der Waals surface area contributed by atoms with Crippen molar-refractivity contribution < 1.29 is 0 Å². The van der Waals surface area contributed by atoms with E-state index in [-0.39, 0.29) is 10.4 Å². The second kappa shape index (κ2) is 1.67. The summed E-state index contributed by atoms with van der Waals surface area (Å²) in [5.41, 5.74) is 0.161. The lowest BCUT2D eigenvalue weighted by Gasteiger charge is -2.06. The molecular weight excluding hydrogens is 164 g/mol. The molecule has 0 amide bonds. The van der Waals surface area contributed by atoms with Crippen LogP contribution in [0.1, 0.15) is 13.3 Å². The number of rotatable bonds is 0. The maximum atomic E-state index is 4.46. The molecule has 1 fully saturated rings. The number of hydrogen-bond acceptors (Lipinski definition) is 4. The van der Waals surface area contributed by atoms with E-state index in [9.17, 15) is 0 Å². The molecule has 0 bridgehead atoms. The largest absolute Gasteiger partial charge is 0.356 e. The van der Waals surface area contributed by atoms with Crippen LogP contribution in [-0.4, -0.2) is 21.8 Å². The zero-order valence-electron chi connectivity index (χ0n) is 6.01. The fraction of sp³-hybridized carbons (Fsp3) is 0.833. The molecule has 0 aromatic rings. The van der Waals surface area contributed by atoms with E-state index in [1.165, 1.54) is 0 Å². The van der Waals surface area contributed by atoms with Gasteiger partial charge in [-0.15, -0.1) is 12.6 Å². The van der Waals surface area contributed by atoms with Gasteiger partial charge in [0.1, 0.15) is 4.87 Å². The van der Waals surface area contributed by atoms with Crippen LogP contribution < -0.4 is 5.32 Å². The number of thioether (sulfide) groups is 1. The van der Waals surface area contributed by atoms with Gasteiger partial charge in [-0.3, -0.25) is 0 Å². The number of thiol groups is 1. The Balaban J connectivity index is 2.23. The van der Waals surface area contributed by atoms with Gasteiger partial charge < -0.3 is 5.32 Å². The van der Waals surface area contributed by atoms with E-state index in [1.54, 1.807) is 11.8 Å². The van der Waals surface area contributed by atoms with Crippen LogP contribution in [0.5, 0.6) is 0 Å². The maximum Gasteiger partial charge on any atom is 0.158 e. The Morgan fingerprint density at radius 3 is 2.80 bits per heavy atom. The van der Waals surface area contributed by atoms with Crippen LogP contribution in [0.4, 0.5) is 0 Å². The third kappa shape index (κ3) is 0.663. The molecule has 2 nitrogen and oxygen atoms in total. The second-order valence-corrected chi connectivity index (χ2v) is 4.61. The average Bonchev–Trinajstić information content (AvgIpc) is 2.24. The van der Waals surface area contributed by atoms with E-state index in [4.69, 9.17) is 0 Å². The molecule has 0 aromatic carbocycles. The summed E-state index contributed by atoms with van der Waals surface area (Å²) < 4.78 is 0. The minimum atomic E-state index is -0.0780. The van der Waals surface area contributed by atoms with E-state index in [2.05, 4.69) is 29.9 Å². The number of amidine groups is 1. The number of fused-ring (bicyclic) bond motifs is 1. The molecule has 2 atom stereocenters. The van der Waals surface area contributed by atoms with Crippen molar-refractivity contribution in [1.29, 1.82) is 0 Å². The molecular formula is C6H10N2S2. The van der Waals surface area contributed by atoms with Gasteiger partial charge in [-0.25, -0.2) is 4.99 Å². The molecule has 1 aliphatic carbocycles. The summed E-state index contributed by atoms with van der Waals surface area (Å²) in [7, 11) is 0. The van der Waals surface area contributed by atoms with Gasteiger partial charge in [-0.2, -0.15) is 0 Å². The summed E-state index contributed by atoms with van der Waals surface area (Å²) in [6, 6.07) is 0. The Kier molecular flexibility index (Phi) is 1.14. The quantitative estimate of drug-likeness (QED) is 0.537. The number of hydrogen-bond donors (Lipinski definition) is 2. The van der Waals surface area contributed by atoms with E-state index >= 15 is 0 Å². The molecule has 56 valence electrons. The molecule has 4 heteroatoms. The highest BCUT2D eigenvalue weighted by Gasteiger charge is 2.67. The first kappa shape index (κ1) is 6.85. The molecule has 1 aliphatic heterocycles. The fourth-order valence-electron chi connectivity index (χ4n) is 1.28. The Morgan fingerprint density at radius 1 is 1.80 bits per heavy atom. The van der Waals surface area contributed by atoms with Gasteiger partial charge in [-0.1, -0.05) is 11.8 Å². The Bertz CT molecular complexity index is 216. The predicted octanol–water partition coefficient (Wildman–Crippen LogP) is 1.10. The van der Waals surface area contributed by atoms with Gasteiger partial charge in [0, 0.05) is 6.42 Å². The number of aliphatic imine (C=N–C) groups is 1. The molecule has 1 N–H and O–H groups in total. The second-order valence-electron chi connectivity index (χ2n) is 3.07. The first-order chi connectivity index (χ1) is 4.60. The third-order valence-corrected chi connectivity index (χ3v) is 3.55. The van der Waals surface area contributed by atoms with Gasteiger partial charge >= 0.3 is 0 Å². The summed E-state index contributed by atoms with van der Waals surface area (Å²) >= 11 is 6.11. The van der Waals surface area contributed by atoms with Crippen molar-refractivity contribution in [3.8, 4) is 0 Å². The molecule has 1 heterocycles. The molecule has 0 spiro atoms. The minimum Gasteiger partial charge on any atom is -0.356 e. The minimum absolute atomic E-state index is 0.0780. The normalized spacial score (nSPS) is 49.7. The number of nitrogens with zero attached hydrogens (tertiary/aromatic N) is 1. The van der Waals surface area contributed by atoms with E-state index in [0.717, 1.165) is 11.6 Å². The predicted molar refractivity (Wildman–Crippen MR) is 48.8 cm³/mol. The lowest BCUT2D eigenvalue weighted by molar-refractivity contribution is 0.664. The SMILES string of the molecule is CSC1=NC2(S)CC2(C)N1. The number of nitrogens with one attached hydrogen (secondary N) is 1. The molecule has 2 unspecified atom stereocenters. The topological polar surface area (TPSA) is 24.4 Å². The fourth-order valence-corrected chi connectivity index (χ4v) is 2.40. The van der Waals surface area contributed by atoms with Gasteiger partial charge in [-0.05, 0) is 13.2 Å². The van der Waals surface area contributed by atoms with Gasteiger partial charge in [0.05, 0.1) is 5.54 Å². The van der Waals surface area contributed by atoms with E-state index < -0.39 is 0 Å². The average molecular weight is 174 g/mol. The lowest BCUT2D eigenvalue weighted by Crippen LogP contribution is -2.30. The Hall–Kier alpha value is 0.170. The first-order valence-electron chi connectivity index (χ1n) is 3.24. The van der Waals surface area contributed by atoms with E-state index in [0.29, 0.717) is 0 Å². The van der Waals surface area contributed by atoms with Crippen molar-refractivity contribution in [1.82, 2.24) is 5.32 Å².